The van der Waals surface area contributed by atoms with E-state index in [2.05, 4.69) is 39.1 Å². The van der Waals surface area contributed by atoms with Crippen molar-refractivity contribution < 1.29 is 0 Å². The Labute approximate surface area is 212 Å². The molecule has 2 aliphatic rings. The van der Waals surface area contributed by atoms with Crippen LogP contribution in [0.5, 0.6) is 0 Å². The number of nitrogens with zero attached hydrogens (tertiary/aromatic N) is 1. The highest BCUT2D eigenvalue weighted by Gasteiger charge is 2.37. The molecule has 1 aliphatic heterocycles. The van der Waals surface area contributed by atoms with Crippen LogP contribution in [0.1, 0.15) is 95.8 Å². The molecule has 2 fully saturated rings. The van der Waals surface area contributed by atoms with Gasteiger partial charge in [-0.15, -0.1) is 0 Å². The molecule has 5 nitrogen and oxygen atoms in total. The van der Waals surface area contributed by atoms with E-state index in [0.717, 1.165) is 54.4 Å². The predicted octanol–water partition coefficient (Wildman–Crippen LogP) is 6.59. The van der Waals surface area contributed by atoms with Crippen LogP contribution >= 0.6 is 0 Å². The normalized spacial score (nSPS) is 21.6. The Morgan fingerprint density at radius 1 is 1.06 bits per heavy atom. The van der Waals surface area contributed by atoms with Gasteiger partial charge in [0, 0.05) is 46.4 Å². The maximum atomic E-state index is 8.59. The van der Waals surface area contributed by atoms with Crippen molar-refractivity contribution in [2.75, 3.05) is 0 Å². The molecule has 0 spiro atoms. The second-order valence-electron chi connectivity index (χ2n) is 11.9. The number of nitrogens with two attached hydrogens (primary N) is 1. The zero-order valence-corrected chi connectivity index (χ0v) is 22.4. The van der Waals surface area contributed by atoms with E-state index in [-0.39, 0.29) is 11.1 Å². The van der Waals surface area contributed by atoms with Crippen molar-refractivity contribution in [2.45, 2.75) is 103 Å². The van der Waals surface area contributed by atoms with Gasteiger partial charge in [0.25, 0.3) is 0 Å². The zero-order valence-electron chi connectivity index (χ0n) is 22.4. The first kappa shape index (κ1) is 27.1. The molecule has 190 valence electrons. The van der Waals surface area contributed by atoms with Gasteiger partial charge in [-0.1, -0.05) is 37.5 Å². The Balaban J connectivity index is 1.62. The number of hydrogen-bond acceptors (Lipinski definition) is 5. The molecule has 1 aliphatic carbocycles. The van der Waals surface area contributed by atoms with Crippen LogP contribution in [0.3, 0.4) is 0 Å². The van der Waals surface area contributed by atoms with Crippen molar-refractivity contribution in [3.8, 4) is 0 Å². The number of aryl methyl sites for hydroxylation is 1. The molecule has 1 saturated carbocycles. The van der Waals surface area contributed by atoms with E-state index in [1.54, 1.807) is 18.4 Å². The summed E-state index contributed by atoms with van der Waals surface area (Å²) in [6.07, 6.45) is 16.2. The second kappa shape index (κ2) is 11.5. The fourth-order valence-corrected chi connectivity index (χ4v) is 6.11. The van der Waals surface area contributed by atoms with Gasteiger partial charge in [-0.25, -0.2) is 0 Å². The van der Waals surface area contributed by atoms with Crippen LogP contribution in [0, 0.1) is 23.7 Å². The van der Waals surface area contributed by atoms with E-state index in [4.69, 9.17) is 21.5 Å². The van der Waals surface area contributed by atoms with Gasteiger partial charge in [0.05, 0.1) is 5.71 Å². The van der Waals surface area contributed by atoms with Crippen molar-refractivity contribution in [3.05, 3.63) is 53.2 Å². The third kappa shape index (κ3) is 7.99. The molecule has 1 heterocycles. The fraction of sp³-hybridized carbons (Fsp3) is 0.567. The van der Waals surface area contributed by atoms with Crippen molar-refractivity contribution in [1.82, 2.24) is 5.32 Å². The van der Waals surface area contributed by atoms with Crippen molar-refractivity contribution in [1.29, 1.82) is 10.8 Å². The summed E-state index contributed by atoms with van der Waals surface area (Å²) in [6.45, 7) is 11.0. The average molecular weight is 476 g/mol. The number of hydrogen-bond donors (Lipinski definition) is 4. The molecule has 0 radical (unpaired) electrons. The van der Waals surface area contributed by atoms with E-state index in [9.17, 15) is 0 Å². The van der Waals surface area contributed by atoms with Gasteiger partial charge in [-0.05, 0) is 95.9 Å². The van der Waals surface area contributed by atoms with Crippen LogP contribution in [0.15, 0.2) is 41.5 Å². The predicted molar refractivity (Wildman–Crippen MR) is 151 cm³/mol. The van der Waals surface area contributed by atoms with Crippen molar-refractivity contribution in [2.24, 2.45) is 16.6 Å². The van der Waals surface area contributed by atoms with Crippen molar-refractivity contribution in [3.63, 3.8) is 0 Å². The summed E-state index contributed by atoms with van der Waals surface area (Å²) < 4.78 is 0. The number of aliphatic imine (C=N–C) groups is 1. The molecule has 5 N–H and O–H groups in total. The van der Waals surface area contributed by atoms with Crippen LogP contribution in [-0.2, 0) is 0 Å². The lowest BCUT2D eigenvalue weighted by Crippen LogP contribution is -2.57. The Bertz CT molecular complexity index is 990. The van der Waals surface area contributed by atoms with Crippen molar-refractivity contribution >= 4 is 23.2 Å². The molecule has 35 heavy (non-hydrogen) atoms. The summed E-state index contributed by atoms with van der Waals surface area (Å²) in [4.78, 5) is 4.78. The molecular weight excluding hydrogens is 430 g/mol. The van der Waals surface area contributed by atoms with Gasteiger partial charge in [0.1, 0.15) is 0 Å². The van der Waals surface area contributed by atoms with Crippen LogP contribution < -0.4 is 11.1 Å². The van der Waals surface area contributed by atoms with E-state index in [0.29, 0.717) is 23.4 Å². The third-order valence-corrected chi connectivity index (χ3v) is 7.26. The number of benzene rings is 1. The fourth-order valence-electron chi connectivity index (χ4n) is 6.11. The highest BCUT2D eigenvalue weighted by atomic mass is 15.0. The molecule has 0 atom stereocenters. The first-order valence-corrected chi connectivity index (χ1v) is 13.2. The summed E-state index contributed by atoms with van der Waals surface area (Å²) in [5, 5.41) is 20.8. The first-order valence-electron chi connectivity index (χ1n) is 13.2. The summed E-state index contributed by atoms with van der Waals surface area (Å²) in [5.74, 6) is 0.477. The zero-order chi connectivity index (χ0) is 25.6. The van der Waals surface area contributed by atoms with Crippen LogP contribution in [0.4, 0.5) is 0 Å². The lowest BCUT2D eigenvalue weighted by atomic mass is 9.74. The van der Waals surface area contributed by atoms with Gasteiger partial charge >= 0.3 is 0 Å². The minimum Gasteiger partial charge on any atom is -0.404 e. The maximum Gasteiger partial charge on any atom is 0.0615 e. The summed E-state index contributed by atoms with van der Waals surface area (Å²) in [5.41, 5.74) is 11.0. The number of nitrogens with one attached hydrogen (secondary N) is 3. The molecule has 5 heteroatoms. The Morgan fingerprint density at radius 3 is 2.31 bits per heavy atom. The third-order valence-electron chi connectivity index (χ3n) is 7.26. The molecule has 0 aromatic heterocycles. The lowest BCUT2D eigenvalue weighted by molar-refractivity contribution is 0.132. The topological polar surface area (TPSA) is 98.1 Å². The van der Waals surface area contributed by atoms with Gasteiger partial charge in [-0.3, -0.25) is 4.99 Å². The summed E-state index contributed by atoms with van der Waals surface area (Å²) in [7, 11) is 0. The van der Waals surface area contributed by atoms with E-state index >= 15 is 0 Å². The van der Waals surface area contributed by atoms with E-state index < -0.39 is 0 Å². The average Bonchev–Trinajstić information content (AvgIpc) is 2.76. The standard InChI is InChI=1S/C30H45N5/c1-21-15-23(24(19-31)20-34-26-9-7-6-8-10-26)11-13-27(21)28(33)14-12-25(32)16-22-17-29(2,3)35-30(4,5)18-22/h11-15,19-20,22,26,32-33,35H,6-10,16-18,31H2,1-5H3/b14-12-,24-19?,32-25?,33-28?,34-20?. The largest absolute Gasteiger partial charge is 0.404 e. The minimum atomic E-state index is 0.0833. The molecule has 1 saturated heterocycles. The van der Waals surface area contributed by atoms with Gasteiger partial charge in [0.2, 0.25) is 0 Å². The SMILES string of the molecule is Cc1cc(C(C=NC2CCCCC2)=CN)ccc1C(=N)/C=C\C(=N)CC1CC(C)(C)NC(C)(C)C1. The summed E-state index contributed by atoms with van der Waals surface area (Å²) in [6, 6.07) is 6.49. The second-order valence-corrected chi connectivity index (χ2v) is 11.9. The first-order chi connectivity index (χ1) is 16.5. The molecule has 0 amide bonds. The number of allylic oxidation sites excluding steroid dienone is 3. The molecule has 3 rings (SSSR count). The van der Waals surface area contributed by atoms with E-state index in [1.807, 2.05) is 25.3 Å². The van der Waals surface area contributed by atoms with Crippen LogP contribution in [0.25, 0.3) is 5.57 Å². The molecule has 0 bridgehead atoms. The monoisotopic (exact) mass is 475 g/mol. The van der Waals surface area contributed by atoms with Crippen LogP contribution in [0.2, 0.25) is 0 Å². The van der Waals surface area contributed by atoms with E-state index in [1.165, 1.54) is 19.3 Å². The minimum absolute atomic E-state index is 0.0833. The van der Waals surface area contributed by atoms with Crippen LogP contribution in [-0.4, -0.2) is 34.8 Å². The quantitative estimate of drug-likeness (QED) is 0.319. The Kier molecular flexibility index (Phi) is 8.87. The highest BCUT2D eigenvalue weighted by molar-refractivity contribution is 6.12. The number of rotatable bonds is 8. The molecule has 0 unspecified atom stereocenters. The van der Waals surface area contributed by atoms with Gasteiger partial charge < -0.3 is 21.9 Å². The molecule has 1 aromatic carbocycles. The maximum absolute atomic E-state index is 8.59. The smallest absolute Gasteiger partial charge is 0.0615 e. The Morgan fingerprint density at radius 2 is 1.71 bits per heavy atom. The molecule has 1 aromatic rings. The highest BCUT2D eigenvalue weighted by Crippen LogP contribution is 2.34. The summed E-state index contributed by atoms with van der Waals surface area (Å²) >= 11 is 0. The molecular formula is C30H45N5. The van der Waals surface area contributed by atoms with Gasteiger partial charge in [0.15, 0.2) is 0 Å². The lowest BCUT2D eigenvalue weighted by Gasteiger charge is -2.46. The number of piperidine rings is 1. The Hall–Kier alpha value is -2.53. The van der Waals surface area contributed by atoms with Gasteiger partial charge in [-0.2, -0.15) is 0 Å².